The van der Waals surface area contributed by atoms with Crippen molar-refractivity contribution >= 4 is 34.4 Å². The molecule has 0 saturated carbocycles. The van der Waals surface area contributed by atoms with Gasteiger partial charge < -0.3 is 20.5 Å². The van der Waals surface area contributed by atoms with Gasteiger partial charge in [0, 0.05) is 17.9 Å². The zero-order chi connectivity index (χ0) is 20.5. The number of hydrogen-bond acceptors (Lipinski definition) is 3. The van der Waals surface area contributed by atoms with Crippen LogP contribution in [0.1, 0.15) is 38.2 Å². The summed E-state index contributed by atoms with van der Waals surface area (Å²) in [5, 5.41) is 14.4. The Morgan fingerprint density at radius 1 is 1.11 bits per heavy atom. The van der Waals surface area contributed by atoms with Crippen LogP contribution >= 0.6 is 0 Å². The van der Waals surface area contributed by atoms with Crippen molar-refractivity contribution in [3.63, 3.8) is 0 Å². The number of rotatable bonds is 9. The molecule has 0 heterocycles. The van der Waals surface area contributed by atoms with Crippen LogP contribution in [0, 0.1) is 0 Å². The number of nitrogens with one attached hydrogen (secondary N) is 3. The molecule has 0 radical (unpaired) electrons. The summed E-state index contributed by atoms with van der Waals surface area (Å²) in [6.07, 6.45) is 0.867. The summed E-state index contributed by atoms with van der Waals surface area (Å²) < 4.78 is 15.6. The largest absolute Gasteiger partial charge is 0.481 e. The van der Waals surface area contributed by atoms with Crippen LogP contribution in [0.2, 0.25) is 0 Å². The second-order valence-corrected chi connectivity index (χ2v) is 7.62. The van der Waals surface area contributed by atoms with E-state index in [1.165, 1.54) is 0 Å². The number of hydrogen-bond donors (Lipinski definition) is 4. The maximum Gasteiger partial charge on any atom is 0.319 e. The molecule has 2 aromatic carbocycles. The van der Waals surface area contributed by atoms with Crippen LogP contribution < -0.4 is 15.4 Å². The van der Waals surface area contributed by atoms with E-state index in [-0.39, 0.29) is 18.4 Å². The topological polar surface area (TPSA) is 108 Å². The van der Waals surface area contributed by atoms with Crippen LogP contribution in [-0.4, -0.2) is 27.9 Å². The molecule has 2 aromatic rings. The number of anilines is 2. The van der Waals surface area contributed by atoms with Crippen LogP contribution in [-0.2, 0) is 15.8 Å². The van der Waals surface area contributed by atoms with Crippen molar-refractivity contribution in [2.24, 2.45) is 0 Å². The van der Waals surface area contributed by atoms with E-state index in [0.29, 0.717) is 22.8 Å². The first kappa shape index (κ1) is 21.4. The predicted octanol–water partition coefficient (Wildman–Crippen LogP) is 3.93. The van der Waals surface area contributed by atoms with Crippen molar-refractivity contribution in [3.05, 3.63) is 54.1 Å². The van der Waals surface area contributed by atoms with Crippen molar-refractivity contribution in [2.75, 3.05) is 16.6 Å². The van der Waals surface area contributed by atoms with Gasteiger partial charge in [0.2, 0.25) is 0 Å². The molecule has 2 amide bonds. The van der Waals surface area contributed by atoms with Crippen LogP contribution in [0.5, 0.6) is 0 Å². The molecule has 4 N–H and O–H groups in total. The molecule has 0 spiro atoms. The Morgan fingerprint density at radius 2 is 1.82 bits per heavy atom. The maximum atomic E-state index is 12.7. The lowest BCUT2D eigenvalue weighted by Gasteiger charge is -2.13. The van der Waals surface area contributed by atoms with Crippen LogP contribution in [0.3, 0.4) is 0 Å². The summed E-state index contributed by atoms with van der Waals surface area (Å²) >= 11 is 0. The zero-order valence-electron chi connectivity index (χ0n) is 15.9. The van der Waals surface area contributed by atoms with Crippen LogP contribution in [0.4, 0.5) is 16.2 Å². The third-order valence-electron chi connectivity index (χ3n) is 3.99. The highest BCUT2D eigenvalue weighted by Gasteiger charge is 2.12. The first-order chi connectivity index (χ1) is 13.4. The number of carboxylic acids is 1. The average Bonchev–Trinajstić information content (AvgIpc) is 2.66. The van der Waals surface area contributed by atoms with Crippen molar-refractivity contribution in [1.29, 1.82) is 0 Å². The molecule has 0 saturated heterocycles. The Kier molecular flexibility index (Phi) is 8.01. The van der Waals surface area contributed by atoms with E-state index in [1.807, 2.05) is 19.9 Å². The van der Waals surface area contributed by atoms with E-state index in [4.69, 9.17) is 5.11 Å². The van der Waals surface area contributed by atoms with Crippen molar-refractivity contribution in [1.82, 2.24) is 5.32 Å². The molecule has 0 bridgehead atoms. The number of carbonyl (C=O) groups is 2. The molecule has 0 fully saturated rings. The highest BCUT2D eigenvalue weighted by Crippen LogP contribution is 2.23. The molecule has 2 rings (SSSR count). The summed E-state index contributed by atoms with van der Waals surface area (Å²) in [5.41, 5.74) is 2.03. The van der Waals surface area contributed by atoms with Gasteiger partial charge in [0.05, 0.1) is 11.3 Å². The van der Waals surface area contributed by atoms with E-state index < -0.39 is 17.0 Å². The first-order valence-corrected chi connectivity index (χ1v) is 10.2. The monoisotopic (exact) mass is 403 g/mol. The summed E-state index contributed by atoms with van der Waals surface area (Å²) in [7, 11) is -1.54. The maximum absolute atomic E-state index is 12.7. The molecule has 2 unspecified atom stereocenters. The van der Waals surface area contributed by atoms with Gasteiger partial charge in [0.15, 0.2) is 0 Å². The normalized spacial score (nSPS) is 12.6. The summed E-state index contributed by atoms with van der Waals surface area (Å²) in [6, 6.07) is 13.7. The standard InChI is InChI=1S/C20H25N3O4S/c1-3-10-21-20(26)22-16-7-5-9-18(13-16)28(27)23-17-8-4-6-15(12-17)14(2)11-19(24)25/h4-9,12-14,23H,3,10-11H2,1-2H3,(H,24,25)(H2,21,22,26). The fourth-order valence-corrected chi connectivity index (χ4v) is 3.45. The second kappa shape index (κ2) is 10.5. The van der Waals surface area contributed by atoms with Crippen LogP contribution in [0.25, 0.3) is 0 Å². The predicted molar refractivity (Wildman–Crippen MR) is 111 cm³/mol. The highest BCUT2D eigenvalue weighted by atomic mass is 32.2. The average molecular weight is 404 g/mol. The van der Waals surface area contributed by atoms with E-state index in [0.717, 1.165) is 12.0 Å². The molecule has 0 aliphatic rings. The van der Waals surface area contributed by atoms with E-state index in [1.54, 1.807) is 42.5 Å². The third-order valence-corrected chi connectivity index (χ3v) is 5.09. The van der Waals surface area contributed by atoms with E-state index in [9.17, 15) is 13.8 Å². The minimum Gasteiger partial charge on any atom is -0.481 e. The van der Waals surface area contributed by atoms with Crippen molar-refractivity contribution in [3.8, 4) is 0 Å². The molecule has 0 aliphatic carbocycles. The van der Waals surface area contributed by atoms with Gasteiger partial charge in [0.25, 0.3) is 0 Å². The number of amides is 2. The number of carboxylic acid groups (broad SMARTS) is 1. The number of benzene rings is 2. The van der Waals surface area contributed by atoms with Gasteiger partial charge in [-0.15, -0.1) is 0 Å². The van der Waals surface area contributed by atoms with E-state index in [2.05, 4.69) is 15.4 Å². The second-order valence-electron chi connectivity index (χ2n) is 6.40. The zero-order valence-corrected chi connectivity index (χ0v) is 16.7. The minimum atomic E-state index is -1.54. The molecule has 7 nitrogen and oxygen atoms in total. The fraction of sp³-hybridized carbons (Fsp3) is 0.300. The van der Waals surface area contributed by atoms with Gasteiger partial charge in [-0.2, -0.15) is 0 Å². The molecule has 150 valence electrons. The molecular weight excluding hydrogens is 378 g/mol. The summed E-state index contributed by atoms with van der Waals surface area (Å²) in [6.45, 7) is 4.38. The molecule has 8 heteroatoms. The Balaban J connectivity index is 2.06. The smallest absolute Gasteiger partial charge is 0.319 e. The molecule has 2 atom stereocenters. The number of urea groups is 1. The first-order valence-electron chi connectivity index (χ1n) is 9.04. The minimum absolute atomic E-state index is 0.0281. The molecular formula is C20H25N3O4S. The lowest BCUT2D eigenvalue weighted by atomic mass is 9.98. The van der Waals surface area contributed by atoms with Crippen molar-refractivity contribution in [2.45, 2.75) is 37.5 Å². The van der Waals surface area contributed by atoms with Crippen LogP contribution in [0.15, 0.2) is 53.4 Å². The fourth-order valence-electron chi connectivity index (χ4n) is 2.56. The van der Waals surface area contributed by atoms with Crippen molar-refractivity contribution < 1.29 is 18.9 Å². The Labute approximate surface area is 167 Å². The lowest BCUT2D eigenvalue weighted by Crippen LogP contribution is -2.29. The van der Waals surface area contributed by atoms with Gasteiger partial charge in [-0.3, -0.25) is 4.79 Å². The Morgan fingerprint density at radius 3 is 2.54 bits per heavy atom. The highest BCUT2D eigenvalue weighted by molar-refractivity contribution is 7.86. The SMILES string of the molecule is CCCNC(=O)Nc1cccc(S(=O)Nc2cccc(C(C)CC(=O)O)c2)c1. The Bertz CT molecular complexity index is 857. The summed E-state index contributed by atoms with van der Waals surface area (Å²) in [5.74, 6) is -1.01. The van der Waals surface area contributed by atoms with Gasteiger partial charge in [-0.1, -0.05) is 32.0 Å². The van der Waals surface area contributed by atoms with Gasteiger partial charge in [0.1, 0.15) is 11.0 Å². The van der Waals surface area contributed by atoms with E-state index >= 15 is 0 Å². The number of carbonyl (C=O) groups excluding carboxylic acids is 1. The third kappa shape index (κ3) is 6.70. The molecule has 28 heavy (non-hydrogen) atoms. The van der Waals surface area contributed by atoms with Gasteiger partial charge in [-0.25, -0.2) is 9.00 Å². The molecule has 0 aliphatic heterocycles. The summed E-state index contributed by atoms with van der Waals surface area (Å²) in [4.78, 5) is 23.2. The van der Waals surface area contributed by atoms with Gasteiger partial charge >= 0.3 is 12.0 Å². The lowest BCUT2D eigenvalue weighted by molar-refractivity contribution is -0.137. The molecule has 0 aromatic heterocycles. The van der Waals surface area contributed by atoms with Gasteiger partial charge in [-0.05, 0) is 48.2 Å². The number of aliphatic carboxylic acids is 1. The quantitative estimate of drug-likeness (QED) is 0.509. The Hall–Kier alpha value is -2.87.